The second-order valence-electron chi connectivity index (χ2n) is 4.80. The summed E-state index contributed by atoms with van der Waals surface area (Å²) in [6, 6.07) is 16.1. The lowest BCUT2D eigenvalue weighted by atomic mass is 10.1. The summed E-state index contributed by atoms with van der Waals surface area (Å²) in [6.07, 6.45) is 1.93. The molecule has 2 aromatic rings. The summed E-state index contributed by atoms with van der Waals surface area (Å²) in [4.78, 5) is 12.1. The fraction of sp³-hybridized carbons (Fsp3) is 0.235. The van der Waals surface area contributed by atoms with Crippen LogP contribution in [0.1, 0.15) is 27.9 Å². The monoisotopic (exact) mass is 331 g/mol. The molecule has 0 fully saturated rings. The number of carbonyl (C=O) groups is 1. The molecule has 0 radical (unpaired) electrons. The minimum atomic E-state index is -0.00291. The van der Waals surface area contributed by atoms with Crippen molar-refractivity contribution in [1.82, 2.24) is 5.32 Å². The van der Waals surface area contributed by atoms with Gasteiger partial charge in [-0.1, -0.05) is 52.3 Å². The van der Waals surface area contributed by atoms with Crippen molar-refractivity contribution in [2.24, 2.45) is 0 Å². The molecule has 0 aliphatic rings. The Bertz CT molecular complexity index is 581. The molecule has 0 atom stereocenters. The molecule has 0 saturated carbocycles. The van der Waals surface area contributed by atoms with Crippen LogP contribution in [-0.2, 0) is 6.42 Å². The lowest BCUT2D eigenvalue weighted by Gasteiger charge is -2.08. The summed E-state index contributed by atoms with van der Waals surface area (Å²) in [7, 11) is 0. The van der Waals surface area contributed by atoms with Crippen molar-refractivity contribution in [1.29, 1.82) is 0 Å². The Kier molecular flexibility index (Phi) is 5.36. The Hall–Kier alpha value is -1.61. The SMILES string of the molecule is Cc1ccc(Br)cc1C(=O)NCCCc1ccccc1. The first-order chi connectivity index (χ1) is 9.66. The zero-order valence-corrected chi connectivity index (χ0v) is 13.1. The topological polar surface area (TPSA) is 29.1 Å². The predicted molar refractivity (Wildman–Crippen MR) is 86.0 cm³/mol. The molecule has 0 aliphatic carbocycles. The van der Waals surface area contributed by atoms with Gasteiger partial charge in [-0.3, -0.25) is 4.79 Å². The smallest absolute Gasteiger partial charge is 0.251 e. The third kappa shape index (κ3) is 4.20. The Morgan fingerprint density at radius 2 is 1.90 bits per heavy atom. The fourth-order valence-electron chi connectivity index (χ4n) is 2.07. The van der Waals surface area contributed by atoms with Gasteiger partial charge in [0.05, 0.1) is 0 Å². The van der Waals surface area contributed by atoms with Gasteiger partial charge in [-0.2, -0.15) is 0 Å². The van der Waals surface area contributed by atoms with Crippen LogP contribution in [0.15, 0.2) is 53.0 Å². The first-order valence-corrected chi connectivity index (χ1v) is 7.54. The molecular formula is C17H18BrNO. The van der Waals surface area contributed by atoms with E-state index in [1.165, 1.54) is 5.56 Å². The Morgan fingerprint density at radius 3 is 2.65 bits per heavy atom. The van der Waals surface area contributed by atoms with Crippen molar-refractivity contribution in [2.45, 2.75) is 19.8 Å². The highest BCUT2D eigenvalue weighted by Crippen LogP contribution is 2.15. The van der Waals surface area contributed by atoms with Crippen molar-refractivity contribution < 1.29 is 4.79 Å². The lowest BCUT2D eigenvalue weighted by Crippen LogP contribution is -2.25. The van der Waals surface area contributed by atoms with Gasteiger partial charge in [0.2, 0.25) is 0 Å². The standard InChI is InChI=1S/C17H18BrNO/c1-13-9-10-15(18)12-16(13)17(20)19-11-5-8-14-6-3-2-4-7-14/h2-4,6-7,9-10,12H,5,8,11H2,1H3,(H,19,20). The number of hydrogen-bond donors (Lipinski definition) is 1. The first kappa shape index (κ1) is 14.8. The summed E-state index contributed by atoms with van der Waals surface area (Å²) >= 11 is 3.40. The maximum Gasteiger partial charge on any atom is 0.251 e. The Labute approximate surface area is 128 Å². The third-order valence-electron chi connectivity index (χ3n) is 3.21. The highest BCUT2D eigenvalue weighted by Gasteiger charge is 2.08. The highest BCUT2D eigenvalue weighted by atomic mass is 79.9. The van der Waals surface area contributed by atoms with E-state index in [2.05, 4.69) is 33.4 Å². The van der Waals surface area contributed by atoms with E-state index in [-0.39, 0.29) is 5.91 Å². The molecular weight excluding hydrogens is 314 g/mol. The average Bonchev–Trinajstić information content (AvgIpc) is 2.47. The largest absolute Gasteiger partial charge is 0.352 e. The van der Waals surface area contributed by atoms with Gasteiger partial charge in [0.25, 0.3) is 5.91 Å². The Morgan fingerprint density at radius 1 is 1.15 bits per heavy atom. The number of hydrogen-bond acceptors (Lipinski definition) is 1. The van der Waals surface area contributed by atoms with Gasteiger partial charge in [0, 0.05) is 16.6 Å². The van der Waals surface area contributed by atoms with Crippen LogP contribution in [0.2, 0.25) is 0 Å². The van der Waals surface area contributed by atoms with E-state index < -0.39 is 0 Å². The van der Waals surface area contributed by atoms with Crippen molar-refractivity contribution in [3.8, 4) is 0 Å². The van der Waals surface area contributed by atoms with Crippen LogP contribution < -0.4 is 5.32 Å². The minimum absolute atomic E-state index is 0.00291. The van der Waals surface area contributed by atoms with Gasteiger partial charge < -0.3 is 5.32 Å². The van der Waals surface area contributed by atoms with Gasteiger partial charge in [-0.05, 0) is 43.0 Å². The number of aryl methyl sites for hydroxylation is 2. The summed E-state index contributed by atoms with van der Waals surface area (Å²) < 4.78 is 0.928. The molecule has 1 amide bonds. The second-order valence-corrected chi connectivity index (χ2v) is 5.72. The summed E-state index contributed by atoms with van der Waals surface area (Å²) in [5.74, 6) is -0.00291. The highest BCUT2D eigenvalue weighted by molar-refractivity contribution is 9.10. The number of benzene rings is 2. The molecule has 2 nitrogen and oxygen atoms in total. The zero-order chi connectivity index (χ0) is 14.4. The summed E-state index contributed by atoms with van der Waals surface area (Å²) in [5, 5.41) is 2.98. The normalized spacial score (nSPS) is 10.3. The molecule has 0 spiro atoms. The molecule has 2 rings (SSSR count). The van der Waals surface area contributed by atoms with Gasteiger partial charge >= 0.3 is 0 Å². The number of amides is 1. The van der Waals surface area contributed by atoms with E-state index in [1.54, 1.807) is 0 Å². The van der Waals surface area contributed by atoms with Crippen molar-refractivity contribution in [2.75, 3.05) is 6.54 Å². The Balaban J connectivity index is 1.82. The average molecular weight is 332 g/mol. The second kappa shape index (κ2) is 7.25. The number of halogens is 1. The fourth-order valence-corrected chi connectivity index (χ4v) is 2.43. The van der Waals surface area contributed by atoms with E-state index in [9.17, 15) is 4.79 Å². The molecule has 1 N–H and O–H groups in total. The predicted octanol–water partition coefficient (Wildman–Crippen LogP) is 4.12. The molecule has 0 aromatic heterocycles. The molecule has 0 heterocycles. The van der Waals surface area contributed by atoms with E-state index in [4.69, 9.17) is 0 Å². The van der Waals surface area contributed by atoms with Crippen LogP contribution in [0.25, 0.3) is 0 Å². The van der Waals surface area contributed by atoms with Crippen LogP contribution in [0.3, 0.4) is 0 Å². The van der Waals surface area contributed by atoms with Gasteiger partial charge in [-0.15, -0.1) is 0 Å². The summed E-state index contributed by atoms with van der Waals surface area (Å²) in [6.45, 7) is 2.64. The maximum absolute atomic E-state index is 12.1. The third-order valence-corrected chi connectivity index (χ3v) is 3.71. The number of nitrogens with one attached hydrogen (secondary N) is 1. The van der Waals surface area contributed by atoms with Crippen LogP contribution in [0.4, 0.5) is 0 Å². The van der Waals surface area contributed by atoms with Crippen LogP contribution >= 0.6 is 15.9 Å². The molecule has 0 unspecified atom stereocenters. The number of carbonyl (C=O) groups excluding carboxylic acids is 1. The van der Waals surface area contributed by atoms with Gasteiger partial charge in [-0.25, -0.2) is 0 Å². The molecule has 2 aromatic carbocycles. The zero-order valence-electron chi connectivity index (χ0n) is 11.5. The quantitative estimate of drug-likeness (QED) is 0.820. The van der Waals surface area contributed by atoms with Crippen molar-refractivity contribution >= 4 is 21.8 Å². The van der Waals surface area contributed by atoms with E-state index >= 15 is 0 Å². The van der Waals surface area contributed by atoms with Gasteiger partial charge in [0.15, 0.2) is 0 Å². The van der Waals surface area contributed by atoms with Crippen LogP contribution in [0.5, 0.6) is 0 Å². The van der Waals surface area contributed by atoms with Crippen molar-refractivity contribution in [3.05, 3.63) is 69.7 Å². The lowest BCUT2D eigenvalue weighted by molar-refractivity contribution is 0.0952. The first-order valence-electron chi connectivity index (χ1n) is 6.75. The van der Waals surface area contributed by atoms with Gasteiger partial charge in [0.1, 0.15) is 0 Å². The summed E-state index contributed by atoms with van der Waals surface area (Å²) in [5.41, 5.74) is 3.04. The van der Waals surface area contributed by atoms with Crippen LogP contribution in [-0.4, -0.2) is 12.5 Å². The molecule has 0 saturated heterocycles. The molecule has 104 valence electrons. The molecule has 0 bridgehead atoms. The molecule has 0 aliphatic heterocycles. The number of rotatable bonds is 5. The molecule has 20 heavy (non-hydrogen) atoms. The maximum atomic E-state index is 12.1. The van der Waals surface area contributed by atoms with E-state index in [0.717, 1.165) is 28.4 Å². The van der Waals surface area contributed by atoms with Crippen LogP contribution in [0, 0.1) is 6.92 Å². The van der Waals surface area contributed by atoms with E-state index in [0.29, 0.717) is 6.54 Å². The minimum Gasteiger partial charge on any atom is -0.352 e. The van der Waals surface area contributed by atoms with E-state index in [1.807, 2.05) is 43.3 Å². The molecule has 3 heteroatoms. The van der Waals surface area contributed by atoms with Crippen molar-refractivity contribution in [3.63, 3.8) is 0 Å².